The van der Waals surface area contributed by atoms with E-state index in [4.69, 9.17) is 9.66 Å². The summed E-state index contributed by atoms with van der Waals surface area (Å²) in [6.45, 7) is 1.82. The Bertz CT molecular complexity index is 700. The van der Waals surface area contributed by atoms with Crippen LogP contribution in [-0.4, -0.2) is 21.5 Å². The summed E-state index contributed by atoms with van der Waals surface area (Å²) in [6, 6.07) is 11.1. The third-order valence-corrected chi connectivity index (χ3v) is 3.59. The van der Waals surface area contributed by atoms with Gasteiger partial charge in [0.25, 0.3) is 5.91 Å². The molecule has 0 aromatic heterocycles. The summed E-state index contributed by atoms with van der Waals surface area (Å²) in [4.78, 5) is 23.8. The van der Waals surface area contributed by atoms with Crippen LogP contribution in [-0.2, 0) is 0 Å². The fourth-order valence-electron chi connectivity index (χ4n) is 1.81. The molecule has 0 fully saturated rings. The normalized spacial score (nSPS) is 10.2. The van der Waals surface area contributed by atoms with E-state index >= 15 is 0 Å². The number of carbonyl (C=O) groups is 2. The van der Waals surface area contributed by atoms with Gasteiger partial charge in [0.05, 0.1) is 11.3 Å². The average molecular weight is 303 g/mol. The molecule has 0 saturated heterocycles. The first-order chi connectivity index (χ1) is 10.0. The highest BCUT2D eigenvalue weighted by Gasteiger charge is 2.13. The zero-order valence-electron chi connectivity index (χ0n) is 11.2. The molecule has 0 heterocycles. The number of aryl methyl sites for hydroxylation is 1. The Kier molecular flexibility index (Phi) is 4.62. The van der Waals surface area contributed by atoms with Crippen LogP contribution in [0.4, 0.5) is 5.69 Å². The molecule has 108 valence electrons. The van der Waals surface area contributed by atoms with Gasteiger partial charge in [-0.3, -0.25) is 4.79 Å². The molecule has 0 atom stereocenters. The van der Waals surface area contributed by atoms with Crippen molar-refractivity contribution in [1.29, 1.82) is 0 Å². The lowest BCUT2D eigenvalue weighted by Crippen LogP contribution is -2.14. The smallest absolute Gasteiger partial charge is 0.337 e. The van der Waals surface area contributed by atoms with Gasteiger partial charge in [-0.25, -0.2) is 4.79 Å². The lowest BCUT2D eigenvalue weighted by Gasteiger charge is -2.09. The van der Waals surface area contributed by atoms with E-state index in [9.17, 15) is 9.59 Å². The largest absolute Gasteiger partial charge is 0.478 e. The maximum Gasteiger partial charge on any atom is 0.337 e. The van der Waals surface area contributed by atoms with Crippen molar-refractivity contribution >= 4 is 29.6 Å². The number of aromatic carboxylic acids is 1. The molecule has 2 aromatic carbocycles. The van der Waals surface area contributed by atoms with Crippen LogP contribution in [0, 0.1) is 6.92 Å². The molecule has 1 amide bonds. The lowest BCUT2D eigenvalue weighted by molar-refractivity contribution is 0.0698. The van der Waals surface area contributed by atoms with Crippen molar-refractivity contribution in [2.24, 2.45) is 0 Å². The number of carboxylic acid groups (broad SMARTS) is 1. The summed E-state index contributed by atoms with van der Waals surface area (Å²) in [5, 5.41) is 11.6. The molecule has 6 heteroatoms. The molecule has 0 saturated carbocycles. The molecular formula is C15H13NO4S. The van der Waals surface area contributed by atoms with Crippen LogP contribution in [0.2, 0.25) is 0 Å². The van der Waals surface area contributed by atoms with Gasteiger partial charge in [0.15, 0.2) is 0 Å². The fraction of sp³-hybridized carbons (Fsp3) is 0.0667. The molecule has 3 N–H and O–H groups in total. The third-order valence-electron chi connectivity index (χ3n) is 2.95. The summed E-state index contributed by atoms with van der Waals surface area (Å²) in [5.41, 5.74) is 1.45. The van der Waals surface area contributed by atoms with Gasteiger partial charge >= 0.3 is 5.97 Å². The first-order valence-electron chi connectivity index (χ1n) is 6.08. The highest BCUT2D eigenvalue weighted by Crippen LogP contribution is 2.22. The summed E-state index contributed by atoms with van der Waals surface area (Å²) in [5.74, 6) is -1.54. The van der Waals surface area contributed by atoms with Crippen LogP contribution >= 0.6 is 12.0 Å². The summed E-state index contributed by atoms with van der Waals surface area (Å²) in [6.07, 6.45) is 0. The average Bonchev–Trinajstić information content (AvgIpc) is 2.48. The van der Waals surface area contributed by atoms with Gasteiger partial charge in [0, 0.05) is 22.5 Å². The minimum absolute atomic E-state index is 0.0229. The second-order valence-electron chi connectivity index (χ2n) is 4.38. The predicted octanol–water partition coefficient (Wildman–Crippen LogP) is 3.51. The van der Waals surface area contributed by atoms with Gasteiger partial charge in [-0.2, -0.15) is 0 Å². The van der Waals surface area contributed by atoms with Crippen LogP contribution < -0.4 is 5.32 Å². The van der Waals surface area contributed by atoms with Gasteiger partial charge in [-0.15, -0.1) is 0 Å². The first-order valence-corrected chi connectivity index (χ1v) is 6.86. The van der Waals surface area contributed by atoms with E-state index in [1.54, 1.807) is 30.3 Å². The zero-order chi connectivity index (χ0) is 15.4. The minimum Gasteiger partial charge on any atom is -0.478 e. The molecule has 0 radical (unpaired) electrons. The van der Waals surface area contributed by atoms with E-state index in [1.807, 2.05) is 6.92 Å². The number of rotatable bonds is 4. The van der Waals surface area contributed by atoms with Gasteiger partial charge in [-0.1, -0.05) is 18.2 Å². The van der Waals surface area contributed by atoms with Gasteiger partial charge in [0.2, 0.25) is 0 Å². The van der Waals surface area contributed by atoms with E-state index in [2.05, 4.69) is 5.32 Å². The molecule has 0 spiro atoms. The second-order valence-corrected chi connectivity index (χ2v) is 5.00. The molecule has 2 aromatic rings. The van der Waals surface area contributed by atoms with Crippen molar-refractivity contribution in [3.05, 3.63) is 59.2 Å². The van der Waals surface area contributed by atoms with E-state index < -0.39 is 11.9 Å². The predicted molar refractivity (Wildman–Crippen MR) is 81.0 cm³/mol. The molecule has 5 nitrogen and oxygen atoms in total. The van der Waals surface area contributed by atoms with Crippen LogP contribution in [0.5, 0.6) is 0 Å². The highest BCUT2D eigenvalue weighted by molar-refractivity contribution is 7.93. The number of benzene rings is 2. The van der Waals surface area contributed by atoms with Gasteiger partial charge in [0.1, 0.15) is 0 Å². The second kappa shape index (κ2) is 6.43. The Hall–Kier alpha value is -2.31. The summed E-state index contributed by atoms with van der Waals surface area (Å²) in [7, 11) is 0. The van der Waals surface area contributed by atoms with E-state index in [-0.39, 0.29) is 11.3 Å². The van der Waals surface area contributed by atoms with Crippen molar-refractivity contribution in [2.45, 2.75) is 11.8 Å². The fourth-order valence-corrected chi connectivity index (χ4v) is 2.20. The number of carbonyl (C=O) groups excluding carboxylic acids is 1. The third kappa shape index (κ3) is 3.42. The van der Waals surface area contributed by atoms with Crippen LogP contribution in [0.15, 0.2) is 47.4 Å². The Balaban J connectivity index is 2.28. The quantitative estimate of drug-likeness (QED) is 0.752. The molecule has 0 aliphatic carbocycles. The Morgan fingerprint density at radius 2 is 1.86 bits per heavy atom. The number of para-hydroxylation sites is 1. The minimum atomic E-state index is -1.11. The molecular weight excluding hydrogens is 290 g/mol. The summed E-state index contributed by atoms with van der Waals surface area (Å²) >= 11 is 0.567. The highest BCUT2D eigenvalue weighted by atomic mass is 32.2. The molecule has 21 heavy (non-hydrogen) atoms. The molecule has 0 bridgehead atoms. The Labute approximate surface area is 125 Å². The van der Waals surface area contributed by atoms with E-state index in [1.165, 1.54) is 12.1 Å². The number of carboxylic acids is 1. The Morgan fingerprint density at radius 1 is 1.14 bits per heavy atom. The molecule has 0 aliphatic rings. The Morgan fingerprint density at radius 3 is 2.52 bits per heavy atom. The van der Waals surface area contributed by atoms with Crippen LogP contribution in [0.1, 0.15) is 26.3 Å². The standard InChI is InChI=1S/C15H13NO4S/c1-9-6-7-10(8-13(9)21-20)14(17)16-12-5-3-2-4-11(12)15(18)19/h2-8,20H,1H3,(H,16,17)(H,18,19). The number of hydrogen-bond acceptors (Lipinski definition) is 4. The maximum atomic E-state index is 12.2. The van der Waals surface area contributed by atoms with Gasteiger partial charge < -0.3 is 15.0 Å². The van der Waals surface area contributed by atoms with Crippen LogP contribution in [0.25, 0.3) is 0 Å². The monoisotopic (exact) mass is 303 g/mol. The number of nitrogens with one attached hydrogen (secondary N) is 1. The summed E-state index contributed by atoms with van der Waals surface area (Å²) < 4.78 is 9.14. The SMILES string of the molecule is Cc1ccc(C(=O)Nc2ccccc2C(=O)O)cc1SO. The number of anilines is 1. The number of hydrogen-bond donors (Lipinski definition) is 3. The molecule has 2 rings (SSSR count). The van der Waals surface area contributed by atoms with E-state index in [0.717, 1.165) is 5.56 Å². The van der Waals surface area contributed by atoms with Crippen molar-refractivity contribution in [3.63, 3.8) is 0 Å². The van der Waals surface area contributed by atoms with Crippen molar-refractivity contribution in [3.8, 4) is 0 Å². The maximum absolute atomic E-state index is 12.2. The molecule has 0 unspecified atom stereocenters. The van der Waals surface area contributed by atoms with Crippen molar-refractivity contribution in [2.75, 3.05) is 5.32 Å². The molecule has 0 aliphatic heterocycles. The van der Waals surface area contributed by atoms with Crippen molar-refractivity contribution < 1.29 is 19.2 Å². The topological polar surface area (TPSA) is 86.6 Å². The zero-order valence-corrected chi connectivity index (χ0v) is 12.0. The van der Waals surface area contributed by atoms with Gasteiger partial charge in [-0.05, 0) is 36.8 Å². The van der Waals surface area contributed by atoms with Crippen LogP contribution in [0.3, 0.4) is 0 Å². The lowest BCUT2D eigenvalue weighted by atomic mass is 10.1. The number of amides is 1. The van der Waals surface area contributed by atoms with E-state index in [0.29, 0.717) is 22.5 Å². The first kappa shape index (κ1) is 15.1. The van der Waals surface area contributed by atoms with Crippen molar-refractivity contribution in [1.82, 2.24) is 0 Å².